The third-order valence-electron chi connectivity index (χ3n) is 9.55. The molecule has 2 aromatic carbocycles. The van der Waals surface area contributed by atoms with Crippen LogP contribution in [0.1, 0.15) is 77.1 Å². The van der Waals surface area contributed by atoms with Crippen molar-refractivity contribution in [2.75, 3.05) is 0 Å². The van der Waals surface area contributed by atoms with Gasteiger partial charge in [-0.25, -0.2) is 0 Å². The summed E-state index contributed by atoms with van der Waals surface area (Å²) in [5.74, 6) is 0.474. The van der Waals surface area contributed by atoms with Gasteiger partial charge in [-0.05, 0) is 94.8 Å². The monoisotopic (exact) mass is 718 g/mol. The van der Waals surface area contributed by atoms with Gasteiger partial charge in [-0.2, -0.15) is 26.3 Å². The molecule has 0 bridgehead atoms. The molecule has 0 saturated heterocycles. The average molecular weight is 719 g/mol. The van der Waals surface area contributed by atoms with Crippen LogP contribution < -0.4 is 4.74 Å². The molecule has 0 saturated carbocycles. The molecule has 270 valence electrons. The smallest absolute Gasteiger partial charge is 0.430 e. The molecular formula is C36H52F6O4Si2. The van der Waals surface area contributed by atoms with E-state index in [4.69, 9.17) is 13.6 Å². The highest BCUT2D eigenvalue weighted by Gasteiger charge is 2.68. The molecule has 0 aliphatic carbocycles. The maximum absolute atomic E-state index is 13.1. The van der Waals surface area contributed by atoms with Crippen LogP contribution >= 0.6 is 0 Å². The van der Waals surface area contributed by atoms with Crippen molar-refractivity contribution in [1.82, 2.24) is 0 Å². The second-order valence-corrected chi connectivity index (χ2v) is 24.8. The Morgan fingerprint density at radius 3 is 1.73 bits per heavy atom. The summed E-state index contributed by atoms with van der Waals surface area (Å²) in [5.41, 5.74) is -0.963. The van der Waals surface area contributed by atoms with Gasteiger partial charge in [0.1, 0.15) is 12.4 Å². The van der Waals surface area contributed by atoms with Crippen LogP contribution in [0.3, 0.4) is 0 Å². The number of rotatable bonds is 13. The second kappa shape index (κ2) is 15.2. The number of hydrogen-bond acceptors (Lipinski definition) is 4. The number of ether oxygens (including phenoxy) is 1. The summed E-state index contributed by atoms with van der Waals surface area (Å²) >= 11 is 0. The normalized spacial score (nSPS) is 14.6. The predicted octanol–water partition coefficient (Wildman–Crippen LogP) is 11.5. The summed E-state index contributed by atoms with van der Waals surface area (Å²) in [6.07, 6.45) is -10.1. The molecule has 4 nitrogen and oxygen atoms in total. The summed E-state index contributed by atoms with van der Waals surface area (Å²) in [4.78, 5) is 0. The van der Waals surface area contributed by atoms with Gasteiger partial charge in [-0.3, -0.25) is 0 Å². The minimum absolute atomic E-state index is 0.0377. The molecule has 0 atom stereocenters. The van der Waals surface area contributed by atoms with E-state index in [0.717, 1.165) is 22.8 Å². The van der Waals surface area contributed by atoms with E-state index >= 15 is 0 Å². The van der Waals surface area contributed by atoms with Gasteiger partial charge in [0.2, 0.25) is 0 Å². The molecule has 48 heavy (non-hydrogen) atoms. The molecule has 0 fully saturated rings. The van der Waals surface area contributed by atoms with Crippen LogP contribution in [-0.4, -0.2) is 39.7 Å². The Balaban J connectivity index is 2.33. The molecule has 0 spiro atoms. The van der Waals surface area contributed by atoms with Crippen LogP contribution in [0, 0.1) is 0 Å². The van der Waals surface area contributed by atoms with Crippen molar-refractivity contribution in [3.8, 4) is 5.75 Å². The van der Waals surface area contributed by atoms with Crippen molar-refractivity contribution in [2.24, 2.45) is 0 Å². The lowest BCUT2D eigenvalue weighted by Crippen LogP contribution is -2.55. The number of aliphatic hydroxyl groups is 1. The van der Waals surface area contributed by atoms with Gasteiger partial charge in [-0.15, -0.1) is 0 Å². The van der Waals surface area contributed by atoms with Gasteiger partial charge in [0.15, 0.2) is 16.6 Å². The van der Waals surface area contributed by atoms with Gasteiger partial charge >= 0.3 is 12.4 Å². The summed E-state index contributed by atoms with van der Waals surface area (Å²) in [6, 6.07) is 12.9. The summed E-state index contributed by atoms with van der Waals surface area (Å²) in [5, 5.41) is 9.51. The fourth-order valence-corrected chi connectivity index (χ4v) is 5.92. The number of allylic oxidation sites excluding steroid dienone is 3. The maximum Gasteiger partial charge on any atom is 0.430 e. The molecule has 0 amide bonds. The summed E-state index contributed by atoms with van der Waals surface area (Å²) < 4.78 is 97.6. The first kappa shape index (κ1) is 41.8. The van der Waals surface area contributed by atoms with Crippen molar-refractivity contribution < 1.29 is 45.0 Å². The number of hydrogen-bond donors (Lipinski definition) is 1. The quantitative estimate of drug-likeness (QED) is 0.127. The van der Waals surface area contributed by atoms with Crippen molar-refractivity contribution in [1.29, 1.82) is 0 Å². The Kier molecular flexibility index (Phi) is 13.3. The second-order valence-electron chi connectivity index (χ2n) is 15.2. The Morgan fingerprint density at radius 1 is 0.729 bits per heavy atom. The first-order chi connectivity index (χ1) is 21.6. The zero-order chi connectivity index (χ0) is 37.0. The lowest BCUT2D eigenvalue weighted by atomic mass is 9.99. The molecule has 2 aromatic rings. The van der Waals surface area contributed by atoms with Gasteiger partial charge < -0.3 is 18.7 Å². The van der Waals surface area contributed by atoms with E-state index in [2.05, 4.69) is 73.8 Å². The van der Waals surface area contributed by atoms with Gasteiger partial charge in [0, 0.05) is 0 Å². The topological polar surface area (TPSA) is 47.9 Å². The zero-order valence-electron chi connectivity index (χ0n) is 30.0. The van der Waals surface area contributed by atoms with E-state index in [9.17, 15) is 31.4 Å². The lowest BCUT2D eigenvalue weighted by molar-refractivity contribution is -0.347. The van der Waals surface area contributed by atoms with Gasteiger partial charge in [0.05, 0.1) is 13.2 Å². The molecule has 0 aliphatic heterocycles. The highest BCUT2D eigenvalue weighted by atomic mass is 28.4. The van der Waals surface area contributed by atoms with E-state index in [1.807, 2.05) is 12.1 Å². The van der Waals surface area contributed by atoms with Crippen LogP contribution in [0.15, 0.2) is 60.7 Å². The molecule has 0 unspecified atom stereocenters. The highest BCUT2D eigenvalue weighted by Crippen LogP contribution is 2.44. The molecule has 0 aromatic heterocycles. The minimum atomic E-state index is -5.93. The van der Waals surface area contributed by atoms with E-state index < -0.39 is 34.6 Å². The molecule has 1 N–H and O–H groups in total. The van der Waals surface area contributed by atoms with E-state index in [1.54, 1.807) is 31.2 Å². The fraction of sp³-hybridized carbons (Fsp3) is 0.556. The molecule has 12 heteroatoms. The first-order valence-electron chi connectivity index (χ1n) is 16.0. The largest absolute Gasteiger partial charge is 0.489 e. The minimum Gasteiger partial charge on any atom is -0.489 e. The van der Waals surface area contributed by atoms with Crippen LogP contribution in [0.4, 0.5) is 26.3 Å². The number of alkyl halides is 6. The Hall–Kier alpha value is -2.39. The Morgan fingerprint density at radius 2 is 1.25 bits per heavy atom. The molecule has 2 rings (SSSR count). The van der Waals surface area contributed by atoms with Crippen molar-refractivity contribution in [3.63, 3.8) is 0 Å². The van der Waals surface area contributed by atoms with Crippen molar-refractivity contribution in [2.45, 2.75) is 129 Å². The fourth-order valence-electron chi connectivity index (χ4n) is 4.02. The molecule has 0 heterocycles. The zero-order valence-corrected chi connectivity index (χ0v) is 32.0. The first-order valence-corrected chi connectivity index (χ1v) is 21.8. The SMILES string of the molecule is CC/C(=C/C=C/C(O)(C(F)(F)F)C(F)(F)F)c1cccc(OCc2ccc(CO[Si](C)(C)C(C)(C)C)c(CO[Si](C)(C)C(C)(C)C)c2)c1. The molecule has 0 aliphatic rings. The third-order valence-corrected chi connectivity index (χ3v) is 18.5. The predicted molar refractivity (Wildman–Crippen MR) is 186 cm³/mol. The average Bonchev–Trinajstić information content (AvgIpc) is 2.94. The van der Waals surface area contributed by atoms with E-state index in [0.29, 0.717) is 42.6 Å². The maximum atomic E-state index is 13.1. The van der Waals surface area contributed by atoms with E-state index in [-0.39, 0.29) is 22.8 Å². The van der Waals surface area contributed by atoms with Crippen LogP contribution in [0.2, 0.25) is 36.3 Å². The van der Waals surface area contributed by atoms with Crippen molar-refractivity contribution >= 4 is 22.2 Å². The number of benzene rings is 2. The van der Waals surface area contributed by atoms with Crippen LogP contribution in [0.5, 0.6) is 5.75 Å². The molecular weight excluding hydrogens is 667 g/mol. The van der Waals surface area contributed by atoms with Gasteiger partial charge in [-0.1, -0.05) is 84.9 Å². The summed E-state index contributed by atoms with van der Waals surface area (Å²) in [7, 11) is -4.05. The molecule has 0 radical (unpaired) electrons. The van der Waals surface area contributed by atoms with Crippen LogP contribution in [0.25, 0.3) is 5.57 Å². The lowest BCUT2D eigenvalue weighted by Gasteiger charge is -2.37. The number of halogens is 6. The van der Waals surface area contributed by atoms with Crippen LogP contribution in [-0.2, 0) is 28.7 Å². The third kappa shape index (κ3) is 10.6. The Bertz CT molecular complexity index is 1420. The standard InChI is InChI=1S/C36H52F6O4Si2/c1-12-27(16-14-20-34(43,35(37,38)39)36(40,41)42)28-15-13-17-31(22-28)44-23-26-18-19-29(24-45-47(8,9)32(2,3)4)30(21-26)25-46-48(10,11)33(5,6)7/h13-22,43H,12,23-25H2,1-11H3/b20-14+,27-16-. The van der Waals surface area contributed by atoms with E-state index in [1.165, 1.54) is 0 Å². The summed E-state index contributed by atoms with van der Waals surface area (Å²) in [6.45, 7) is 24.9. The van der Waals surface area contributed by atoms with Gasteiger partial charge in [0.25, 0.3) is 5.60 Å². The Labute approximate surface area is 284 Å². The highest BCUT2D eigenvalue weighted by molar-refractivity contribution is 6.74. The van der Waals surface area contributed by atoms with Crippen molar-refractivity contribution in [3.05, 3.63) is 82.9 Å².